The molecule has 0 aliphatic carbocycles. The minimum absolute atomic E-state index is 0.0842. The van der Waals surface area contributed by atoms with E-state index in [9.17, 15) is 4.79 Å². The number of amides is 1. The van der Waals surface area contributed by atoms with Gasteiger partial charge in [0.1, 0.15) is 5.76 Å². The quantitative estimate of drug-likeness (QED) is 0.679. The number of carbonyl (C=O) groups is 1. The summed E-state index contributed by atoms with van der Waals surface area (Å²) < 4.78 is 7.43. The van der Waals surface area contributed by atoms with Gasteiger partial charge in [-0.25, -0.2) is 0 Å². The van der Waals surface area contributed by atoms with Gasteiger partial charge in [0, 0.05) is 33.2 Å². The van der Waals surface area contributed by atoms with Gasteiger partial charge >= 0.3 is 0 Å². The van der Waals surface area contributed by atoms with Crippen molar-refractivity contribution in [3.05, 3.63) is 77.5 Å². The van der Waals surface area contributed by atoms with Gasteiger partial charge in [0.25, 0.3) is 5.91 Å². The fourth-order valence-electron chi connectivity index (χ4n) is 3.69. The third-order valence-electron chi connectivity index (χ3n) is 5.42. The van der Waals surface area contributed by atoms with Crippen molar-refractivity contribution in [1.82, 2.24) is 19.6 Å². The highest BCUT2D eigenvalue weighted by atomic mass is 16.3. The number of furan rings is 1. The van der Waals surface area contributed by atoms with Gasteiger partial charge in [0.05, 0.1) is 18.0 Å². The van der Waals surface area contributed by atoms with Crippen LogP contribution in [0.2, 0.25) is 0 Å². The summed E-state index contributed by atoms with van der Waals surface area (Å²) >= 11 is 0. The number of nitrogens with zero attached hydrogens (tertiary/aromatic N) is 4. The number of hydrogen-bond donors (Lipinski definition) is 0. The van der Waals surface area contributed by atoms with E-state index < -0.39 is 0 Å². The molecule has 0 bridgehead atoms. The number of aromatic nitrogens is 2. The molecular weight excluding hydrogens is 352 g/mol. The fourth-order valence-corrected chi connectivity index (χ4v) is 3.69. The minimum Gasteiger partial charge on any atom is -0.467 e. The van der Waals surface area contributed by atoms with Gasteiger partial charge < -0.3 is 9.32 Å². The molecule has 28 heavy (non-hydrogen) atoms. The van der Waals surface area contributed by atoms with Gasteiger partial charge in [-0.2, -0.15) is 5.10 Å². The molecule has 2 aromatic heterocycles. The highest BCUT2D eigenvalue weighted by molar-refractivity contribution is 5.92. The Labute approximate surface area is 165 Å². The van der Waals surface area contributed by atoms with Crippen LogP contribution in [0.4, 0.5) is 0 Å². The molecule has 0 saturated carbocycles. The molecular formula is C22H26N4O2. The van der Waals surface area contributed by atoms with E-state index in [0.29, 0.717) is 5.69 Å². The molecule has 146 valence electrons. The predicted molar refractivity (Wildman–Crippen MR) is 107 cm³/mol. The molecule has 6 nitrogen and oxygen atoms in total. The van der Waals surface area contributed by atoms with E-state index in [2.05, 4.69) is 34.3 Å². The topological polar surface area (TPSA) is 54.5 Å². The zero-order chi connectivity index (χ0) is 19.5. The Balaban J connectivity index is 1.48. The van der Waals surface area contributed by atoms with E-state index in [1.807, 2.05) is 35.9 Å². The Hall–Kier alpha value is -2.86. The third-order valence-corrected chi connectivity index (χ3v) is 5.42. The van der Waals surface area contributed by atoms with Crippen molar-refractivity contribution >= 4 is 5.91 Å². The van der Waals surface area contributed by atoms with Crippen molar-refractivity contribution in [2.75, 3.05) is 13.6 Å². The van der Waals surface area contributed by atoms with Crippen LogP contribution in [-0.2, 0) is 19.6 Å². The molecule has 1 unspecified atom stereocenters. The van der Waals surface area contributed by atoms with Gasteiger partial charge in [0.15, 0.2) is 5.69 Å². The Kier molecular flexibility index (Phi) is 5.30. The monoisotopic (exact) mass is 378 g/mol. The molecule has 0 fully saturated rings. The second-order valence-electron chi connectivity index (χ2n) is 7.40. The van der Waals surface area contributed by atoms with E-state index in [-0.39, 0.29) is 11.9 Å². The molecule has 1 aliphatic heterocycles. The summed E-state index contributed by atoms with van der Waals surface area (Å²) in [5.41, 5.74) is 2.90. The fraction of sp³-hybridized carbons (Fsp3) is 0.364. The highest BCUT2D eigenvalue weighted by Gasteiger charge is 2.25. The van der Waals surface area contributed by atoms with Gasteiger partial charge in [0.2, 0.25) is 0 Å². The van der Waals surface area contributed by atoms with Crippen molar-refractivity contribution in [3.8, 4) is 0 Å². The number of rotatable bonds is 5. The van der Waals surface area contributed by atoms with Crippen molar-refractivity contribution in [3.63, 3.8) is 0 Å². The summed E-state index contributed by atoms with van der Waals surface area (Å²) in [6.07, 6.45) is 2.65. The molecule has 6 heteroatoms. The van der Waals surface area contributed by atoms with Crippen LogP contribution in [0.15, 0.2) is 59.2 Å². The highest BCUT2D eigenvalue weighted by Crippen LogP contribution is 2.22. The first kappa shape index (κ1) is 18.5. The molecule has 4 rings (SSSR count). The van der Waals surface area contributed by atoms with E-state index in [0.717, 1.165) is 44.1 Å². The second-order valence-corrected chi connectivity index (χ2v) is 7.40. The maximum atomic E-state index is 13.0. The summed E-state index contributed by atoms with van der Waals surface area (Å²) in [6.45, 7) is 5.53. The summed E-state index contributed by atoms with van der Waals surface area (Å²) in [5, 5.41) is 4.61. The molecule has 0 saturated heterocycles. The minimum atomic E-state index is -0.140. The molecule has 0 N–H and O–H groups in total. The number of fused-ring (bicyclic) bond motifs is 1. The van der Waals surface area contributed by atoms with Gasteiger partial charge in [-0.15, -0.1) is 0 Å². The second kappa shape index (κ2) is 8.02. The van der Waals surface area contributed by atoms with Crippen LogP contribution in [0.3, 0.4) is 0 Å². The Morgan fingerprint density at radius 2 is 2.04 bits per heavy atom. The number of aryl methyl sites for hydroxylation is 1. The normalized spacial score (nSPS) is 15.6. The van der Waals surface area contributed by atoms with Crippen LogP contribution in [0.5, 0.6) is 0 Å². The molecule has 1 aliphatic rings. The zero-order valence-corrected chi connectivity index (χ0v) is 16.4. The van der Waals surface area contributed by atoms with Crippen LogP contribution >= 0.6 is 0 Å². The van der Waals surface area contributed by atoms with E-state index in [1.54, 1.807) is 18.2 Å². The molecule has 1 atom stereocenters. The van der Waals surface area contributed by atoms with Crippen molar-refractivity contribution in [2.45, 2.75) is 39.0 Å². The average molecular weight is 378 g/mol. The molecule has 0 radical (unpaired) electrons. The summed E-state index contributed by atoms with van der Waals surface area (Å²) in [4.78, 5) is 17.1. The zero-order valence-electron chi connectivity index (χ0n) is 16.4. The van der Waals surface area contributed by atoms with Crippen LogP contribution in [0.25, 0.3) is 0 Å². The van der Waals surface area contributed by atoms with Gasteiger partial charge in [-0.3, -0.25) is 14.4 Å². The predicted octanol–water partition coefficient (Wildman–Crippen LogP) is 3.72. The molecule has 1 aromatic carbocycles. The largest absolute Gasteiger partial charge is 0.467 e. The molecule has 1 amide bonds. The molecule has 3 aromatic rings. The number of hydrogen-bond acceptors (Lipinski definition) is 4. The number of carbonyl (C=O) groups excluding carboxylic acids is 1. The van der Waals surface area contributed by atoms with E-state index in [1.165, 1.54) is 5.56 Å². The lowest BCUT2D eigenvalue weighted by Crippen LogP contribution is -2.30. The van der Waals surface area contributed by atoms with Gasteiger partial charge in [-0.1, -0.05) is 30.3 Å². The first-order chi connectivity index (χ1) is 13.6. The SMILES string of the molecule is CC(c1ccco1)N(C)C(=O)c1cc2n(n1)CCCN(Cc1ccccc1)C2. The average Bonchev–Trinajstić information content (AvgIpc) is 3.34. The molecule has 3 heterocycles. The Bertz CT molecular complexity index is 917. The Morgan fingerprint density at radius 1 is 1.21 bits per heavy atom. The lowest BCUT2D eigenvalue weighted by atomic mass is 10.2. The summed E-state index contributed by atoms with van der Waals surface area (Å²) in [6, 6.07) is 16.0. The first-order valence-corrected chi connectivity index (χ1v) is 9.75. The van der Waals surface area contributed by atoms with Crippen LogP contribution in [0, 0.1) is 0 Å². The lowest BCUT2D eigenvalue weighted by molar-refractivity contribution is 0.0719. The van der Waals surface area contributed by atoms with Crippen molar-refractivity contribution in [1.29, 1.82) is 0 Å². The molecule has 0 spiro atoms. The smallest absolute Gasteiger partial charge is 0.274 e. The first-order valence-electron chi connectivity index (χ1n) is 9.75. The maximum Gasteiger partial charge on any atom is 0.274 e. The standard InChI is InChI=1S/C22H26N4O2/c1-17(21-10-6-13-28-21)24(2)22(27)20-14-19-16-25(11-7-12-26(19)23-20)15-18-8-4-3-5-9-18/h3-6,8-10,13-14,17H,7,11-12,15-16H2,1-2H3. The maximum absolute atomic E-state index is 13.0. The van der Waals surface area contributed by atoms with Crippen LogP contribution in [-0.4, -0.2) is 39.1 Å². The Morgan fingerprint density at radius 3 is 2.79 bits per heavy atom. The third kappa shape index (κ3) is 3.87. The lowest BCUT2D eigenvalue weighted by Gasteiger charge is -2.22. The van der Waals surface area contributed by atoms with Gasteiger partial charge in [-0.05, 0) is 37.1 Å². The van der Waals surface area contributed by atoms with Crippen molar-refractivity contribution in [2.24, 2.45) is 0 Å². The van der Waals surface area contributed by atoms with Crippen LogP contribution < -0.4 is 0 Å². The van der Waals surface area contributed by atoms with Crippen molar-refractivity contribution < 1.29 is 9.21 Å². The van der Waals surface area contributed by atoms with E-state index in [4.69, 9.17) is 4.42 Å². The van der Waals surface area contributed by atoms with Crippen LogP contribution in [0.1, 0.15) is 46.9 Å². The summed E-state index contributed by atoms with van der Waals surface area (Å²) in [7, 11) is 1.79. The van der Waals surface area contributed by atoms with E-state index >= 15 is 0 Å². The number of benzene rings is 1. The summed E-state index contributed by atoms with van der Waals surface area (Å²) in [5.74, 6) is 0.685.